The third kappa shape index (κ3) is 4.92. The van der Waals surface area contributed by atoms with Crippen molar-refractivity contribution in [1.29, 1.82) is 0 Å². The number of anilines is 2. The molecule has 2 fully saturated rings. The maximum atomic E-state index is 11.9. The lowest BCUT2D eigenvalue weighted by Gasteiger charge is -2.29. The normalized spacial score (nSPS) is 20.3. The molecule has 1 aromatic carbocycles. The summed E-state index contributed by atoms with van der Waals surface area (Å²) < 4.78 is 34.3. The quantitative estimate of drug-likeness (QED) is 0.400. The fourth-order valence-electron chi connectivity index (χ4n) is 5.89. The van der Waals surface area contributed by atoms with Gasteiger partial charge in [0.25, 0.3) is 0 Å². The van der Waals surface area contributed by atoms with Gasteiger partial charge in [0.2, 0.25) is 10.0 Å². The summed E-state index contributed by atoms with van der Waals surface area (Å²) in [5.74, 6) is 0.419. The second kappa shape index (κ2) is 9.98. The van der Waals surface area contributed by atoms with Gasteiger partial charge in [-0.05, 0) is 74.8 Å². The summed E-state index contributed by atoms with van der Waals surface area (Å²) in [5, 5.41) is 4.10. The highest BCUT2D eigenvalue weighted by atomic mass is 32.2. The molecule has 1 saturated carbocycles. The van der Waals surface area contributed by atoms with E-state index in [9.17, 15) is 8.42 Å². The van der Waals surface area contributed by atoms with Crippen LogP contribution in [-0.2, 0) is 10.0 Å². The van der Waals surface area contributed by atoms with Crippen molar-refractivity contribution < 1.29 is 13.2 Å². The molecule has 0 radical (unpaired) electrons. The lowest BCUT2D eigenvalue weighted by atomic mass is 9.96. The number of hydrogen-bond donors (Lipinski definition) is 2. The number of hydrogen-bond acceptors (Lipinski definition) is 5. The predicted octanol–water partition coefficient (Wildman–Crippen LogP) is 5.17. The Labute approximate surface area is 224 Å². The van der Waals surface area contributed by atoms with E-state index in [1.807, 2.05) is 30.3 Å². The van der Waals surface area contributed by atoms with E-state index >= 15 is 0 Å². The molecule has 196 valence electrons. The first-order valence-corrected chi connectivity index (χ1v) is 14.8. The average molecular weight is 540 g/mol. The Kier molecular flexibility index (Phi) is 6.89. The molecule has 8 nitrogen and oxygen atoms in total. The summed E-state index contributed by atoms with van der Waals surface area (Å²) in [6, 6.07) is 13.8. The van der Waals surface area contributed by atoms with Gasteiger partial charge in [0, 0.05) is 35.4 Å². The highest BCUT2D eigenvalue weighted by Gasteiger charge is 2.42. The Hall–Kier alpha value is -3.11. The zero-order chi connectivity index (χ0) is 26.3. The zero-order valence-corrected chi connectivity index (χ0v) is 23.2. The third-order valence-corrected chi connectivity index (χ3v) is 8.29. The van der Waals surface area contributed by atoms with Crippen LogP contribution in [0.25, 0.3) is 0 Å². The zero-order valence-electron chi connectivity index (χ0n) is 21.6. The molecule has 0 bridgehead atoms. The molecule has 10 heteroatoms. The summed E-state index contributed by atoms with van der Waals surface area (Å²) in [7, 11) is -1.94. The van der Waals surface area contributed by atoms with Crippen molar-refractivity contribution in [3.05, 3.63) is 71.3 Å². The molecule has 0 spiro atoms. The van der Waals surface area contributed by atoms with Crippen LogP contribution in [0.1, 0.15) is 66.5 Å². The molecule has 0 unspecified atom stereocenters. The van der Waals surface area contributed by atoms with Gasteiger partial charge in [0.15, 0.2) is 5.11 Å². The summed E-state index contributed by atoms with van der Waals surface area (Å²) in [6.45, 7) is 4.39. The van der Waals surface area contributed by atoms with Crippen LogP contribution in [0.15, 0.2) is 48.7 Å². The average Bonchev–Trinajstić information content (AvgIpc) is 3.57. The molecular formula is C27H33N5O3S2. The number of rotatable bonds is 7. The van der Waals surface area contributed by atoms with Gasteiger partial charge in [-0.3, -0.25) is 9.71 Å². The van der Waals surface area contributed by atoms with E-state index in [0.717, 1.165) is 17.6 Å². The van der Waals surface area contributed by atoms with Crippen LogP contribution in [-0.4, -0.2) is 36.4 Å². The van der Waals surface area contributed by atoms with Crippen LogP contribution in [0.3, 0.4) is 0 Å². The molecule has 2 N–H and O–H groups in total. The van der Waals surface area contributed by atoms with Gasteiger partial charge in [0.05, 0.1) is 36.8 Å². The Balaban J connectivity index is 1.63. The smallest absolute Gasteiger partial charge is 0.229 e. The molecule has 3 aromatic rings. The number of sulfonamides is 1. The molecule has 37 heavy (non-hydrogen) atoms. The van der Waals surface area contributed by atoms with Gasteiger partial charge >= 0.3 is 0 Å². The van der Waals surface area contributed by atoms with Crippen molar-refractivity contribution in [2.45, 2.75) is 57.7 Å². The minimum absolute atomic E-state index is 0.151. The van der Waals surface area contributed by atoms with Crippen LogP contribution in [0.2, 0.25) is 0 Å². The van der Waals surface area contributed by atoms with Gasteiger partial charge in [0.1, 0.15) is 5.75 Å². The Bertz CT molecular complexity index is 1420. The first-order valence-electron chi connectivity index (χ1n) is 12.5. The highest BCUT2D eigenvalue weighted by Crippen LogP contribution is 2.46. The van der Waals surface area contributed by atoms with E-state index in [2.05, 4.69) is 44.4 Å². The Morgan fingerprint density at radius 1 is 1.14 bits per heavy atom. The van der Waals surface area contributed by atoms with Crippen LogP contribution in [0, 0.1) is 13.8 Å². The molecule has 0 amide bonds. The number of methoxy groups -OCH3 is 1. The summed E-state index contributed by atoms with van der Waals surface area (Å²) >= 11 is 5.89. The van der Waals surface area contributed by atoms with Gasteiger partial charge in [-0.15, -0.1) is 0 Å². The Morgan fingerprint density at radius 3 is 2.54 bits per heavy atom. The first-order chi connectivity index (χ1) is 17.7. The second-order valence-electron chi connectivity index (χ2n) is 9.89. The number of thiocarbonyl (C=S) groups is 1. The van der Waals surface area contributed by atoms with Crippen molar-refractivity contribution >= 4 is 38.7 Å². The molecular weight excluding hydrogens is 506 g/mol. The van der Waals surface area contributed by atoms with E-state index in [1.165, 1.54) is 49.7 Å². The molecule has 3 heterocycles. The lowest BCUT2D eigenvalue weighted by Crippen LogP contribution is -2.29. The number of pyridine rings is 1. The molecule has 2 atom stereocenters. The number of nitrogens with zero attached hydrogens (tertiary/aromatic N) is 3. The van der Waals surface area contributed by atoms with Crippen molar-refractivity contribution in [2.75, 3.05) is 23.0 Å². The van der Waals surface area contributed by atoms with Gasteiger partial charge in [-0.2, -0.15) is 0 Å². The third-order valence-electron chi connectivity index (χ3n) is 7.39. The van der Waals surface area contributed by atoms with E-state index in [-0.39, 0.29) is 12.1 Å². The van der Waals surface area contributed by atoms with Crippen molar-refractivity contribution in [1.82, 2.24) is 14.9 Å². The van der Waals surface area contributed by atoms with Gasteiger partial charge in [-0.25, -0.2) is 8.42 Å². The number of aryl methyl sites for hydroxylation is 1. The number of ether oxygens (including phenoxy) is 1. The van der Waals surface area contributed by atoms with E-state index < -0.39 is 10.0 Å². The SMILES string of the molecule is COc1cc(N2C(=S)N[C@H](c3ccccn3)[C@@H]2c2cc(C)n(C3CCCC3)c2C)ccc1NS(C)(=O)=O. The van der Waals surface area contributed by atoms with Crippen LogP contribution >= 0.6 is 12.2 Å². The topological polar surface area (TPSA) is 88.5 Å². The van der Waals surface area contributed by atoms with Crippen LogP contribution < -0.4 is 19.7 Å². The standard InChI is InChI=1S/C27H33N5O3S2/c1-17-15-21(18(2)31(17)19-9-5-6-10-19)26-25(23-11-7-8-14-28-23)29-27(36)32(26)20-12-13-22(24(16-20)35-3)30-37(4,33)34/h7-8,11-16,19,25-26,30H,5-6,9-10H2,1-4H3,(H,29,36)/t25-,26+/m1/s1. The molecule has 1 aliphatic heterocycles. The van der Waals surface area contributed by atoms with E-state index in [0.29, 0.717) is 22.6 Å². The molecule has 2 aromatic heterocycles. The van der Waals surface area contributed by atoms with Crippen molar-refractivity contribution in [3.8, 4) is 5.75 Å². The summed E-state index contributed by atoms with van der Waals surface area (Å²) in [6.07, 6.45) is 7.86. The maximum Gasteiger partial charge on any atom is 0.229 e. The molecule has 1 saturated heterocycles. The van der Waals surface area contributed by atoms with Crippen LogP contribution in [0.5, 0.6) is 5.75 Å². The number of nitrogens with one attached hydrogen (secondary N) is 2. The fraction of sp³-hybridized carbons (Fsp3) is 0.407. The lowest BCUT2D eigenvalue weighted by molar-refractivity contribution is 0.417. The first kappa shape index (κ1) is 25.5. The van der Waals surface area contributed by atoms with Crippen molar-refractivity contribution in [3.63, 3.8) is 0 Å². The number of aromatic nitrogens is 2. The Morgan fingerprint density at radius 2 is 1.89 bits per heavy atom. The highest BCUT2D eigenvalue weighted by molar-refractivity contribution is 7.92. The minimum atomic E-state index is -3.46. The molecule has 2 aliphatic rings. The van der Waals surface area contributed by atoms with Gasteiger partial charge < -0.3 is 19.5 Å². The monoisotopic (exact) mass is 539 g/mol. The summed E-state index contributed by atoms with van der Waals surface area (Å²) in [4.78, 5) is 6.77. The maximum absolute atomic E-state index is 11.9. The molecule has 5 rings (SSSR count). The number of benzene rings is 1. The minimum Gasteiger partial charge on any atom is -0.494 e. The van der Waals surface area contributed by atoms with Crippen LogP contribution in [0.4, 0.5) is 11.4 Å². The molecule has 1 aliphatic carbocycles. The fourth-order valence-corrected chi connectivity index (χ4v) is 6.80. The van der Waals surface area contributed by atoms with E-state index in [4.69, 9.17) is 17.0 Å². The second-order valence-corrected chi connectivity index (χ2v) is 12.0. The van der Waals surface area contributed by atoms with Crippen molar-refractivity contribution in [2.24, 2.45) is 0 Å². The largest absolute Gasteiger partial charge is 0.494 e. The van der Waals surface area contributed by atoms with Gasteiger partial charge in [-0.1, -0.05) is 18.9 Å². The predicted molar refractivity (Wildman–Crippen MR) is 151 cm³/mol. The summed E-state index contributed by atoms with van der Waals surface area (Å²) in [5.41, 5.74) is 5.79. The van der Waals surface area contributed by atoms with E-state index in [1.54, 1.807) is 12.3 Å².